The van der Waals surface area contributed by atoms with Gasteiger partial charge in [0.2, 0.25) is 0 Å². The molecular weight excluding hydrogens is 286 g/mol. The minimum atomic E-state index is 0.0600. The van der Waals surface area contributed by atoms with Crippen LogP contribution in [0.15, 0.2) is 16.7 Å². The third kappa shape index (κ3) is 2.53. The third-order valence-corrected chi connectivity index (χ3v) is 3.42. The minimum absolute atomic E-state index is 0.0600. The zero-order valence-corrected chi connectivity index (χ0v) is 11.5. The maximum atomic E-state index is 5.96. The fourth-order valence-electron chi connectivity index (χ4n) is 2.08. The first kappa shape index (κ1) is 12.6. The molecule has 0 spiro atoms. The highest BCUT2D eigenvalue weighted by Gasteiger charge is 2.34. The molecule has 2 heterocycles. The number of hydrogen-bond donors (Lipinski definition) is 1. The van der Waals surface area contributed by atoms with Crippen molar-refractivity contribution in [3.63, 3.8) is 0 Å². The maximum absolute atomic E-state index is 5.96. The van der Waals surface area contributed by atoms with Crippen molar-refractivity contribution in [2.45, 2.75) is 12.2 Å². The van der Waals surface area contributed by atoms with Crippen molar-refractivity contribution in [1.82, 2.24) is 4.98 Å². The second kappa shape index (κ2) is 5.20. The lowest BCUT2D eigenvalue weighted by Gasteiger charge is -2.18. The Hall–Kier alpha value is -0.850. The number of methoxy groups -OCH3 is 2. The highest BCUT2D eigenvalue weighted by atomic mass is 79.9. The molecule has 2 rings (SSSR count). The summed E-state index contributed by atoms with van der Waals surface area (Å²) in [6.45, 7) is 1.49. The van der Waals surface area contributed by atoms with Gasteiger partial charge >= 0.3 is 0 Å². The van der Waals surface area contributed by atoms with Gasteiger partial charge in [0.25, 0.3) is 0 Å². The smallest absolute Gasteiger partial charge is 0.152 e. The molecule has 1 aromatic rings. The van der Waals surface area contributed by atoms with Gasteiger partial charge in [-0.15, -0.1) is 0 Å². The fraction of sp³-hybridized carbons (Fsp3) is 0.545. The number of pyridine rings is 1. The number of nitrogen functional groups attached to an aromatic ring is 1. The lowest BCUT2D eigenvalue weighted by atomic mass is 10.3. The molecule has 2 atom stereocenters. The van der Waals surface area contributed by atoms with Gasteiger partial charge in [0.05, 0.1) is 5.69 Å². The number of ether oxygens (including phenoxy) is 2. The van der Waals surface area contributed by atoms with Gasteiger partial charge in [-0.2, -0.15) is 0 Å². The summed E-state index contributed by atoms with van der Waals surface area (Å²) in [6, 6.07) is 1.85. The van der Waals surface area contributed by atoms with Crippen LogP contribution < -0.4 is 10.6 Å². The van der Waals surface area contributed by atoms with E-state index < -0.39 is 0 Å². The van der Waals surface area contributed by atoms with Crippen molar-refractivity contribution in [2.24, 2.45) is 0 Å². The number of nitrogens with zero attached hydrogens (tertiary/aromatic N) is 2. The summed E-state index contributed by atoms with van der Waals surface area (Å²) < 4.78 is 11.7. The molecule has 2 unspecified atom stereocenters. The first-order valence-corrected chi connectivity index (χ1v) is 6.16. The second-order valence-corrected chi connectivity index (χ2v) is 4.94. The summed E-state index contributed by atoms with van der Waals surface area (Å²) in [5.41, 5.74) is 6.62. The maximum Gasteiger partial charge on any atom is 0.152 e. The molecular formula is C11H16BrN3O2. The molecule has 6 heteroatoms. The molecule has 0 radical (unpaired) electrons. The number of hydrogen-bond acceptors (Lipinski definition) is 5. The van der Waals surface area contributed by atoms with Crippen molar-refractivity contribution in [1.29, 1.82) is 0 Å². The van der Waals surface area contributed by atoms with Crippen molar-refractivity contribution < 1.29 is 9.47 Å². The number of anilines is 2. The van der Waals surface area contributed by atoms with Crippen LogP contribution >= 0.6 is 15.9 Å². The summed E-state index contributed by atoms with van der Waals surface area (Å²) in [7, 11) is 3.39. The molecule has 0 saturated carbocycles. The normalized spacial score (nSPS) is 24.3. The summed E-state index contributed by atoms with van der Waals surface area (Å²) in [5.74, 6) is 0.787. The molecule has 2 N–H and O–H groups in total. The zero-order chi connectivity index (χ0) is 12.4. The van der Waals surface area contributed by atoms with Crippen LogP contribution in [-0.2, 0) is 9.47 Å². The van der Waals surface area contributed by atoms with E-state index in [4.69, 9.17) is 15.2 Å². The van der Waals surface area contributed by atoms with Crippen molar-refractivity contribution in [3.8, 4) is 0 Å². The molecule has 0 amide bonds. The number of aromatic nitrogens is 1. The first-order chi connectivity index (χ1) is 8.15. The van der Waals surface area contributed by atoms with Crippen LogP contribution in [-0.4, -0.2) is 44.5 Å². The molecule has 1 aromatic heterocycles. The Bertz CT molecular complexity index is 390. The molecule has 1 aliphatic rings. The summed E-state index contributed by atoms with van der Waals surface area (Å²) in [4.78, 5) is 6.43. The van der Waals surface area contributed by atoms with E-state index in [0.717, 1.165) is 23.4 Å². The molecule has 1 fully saturated rings. The van der Waals surface area contributed by atoms with Crippen LogP contribution in [0.25, 0.3) is 0 Å². The molecule has 0 bridgehead atoms. The Kier molecular flexibility index (Phi) is 3.86. The lowest BCUT2D eigenvalue weighted by molar-refractivity contribution is -0.00461. The molecule has 0 aliphatic carbocycles. The molecule has 1 saturated heterocycles. The average molecular weight is 302 g/mol. The predicted molar refractivity (Wildman–Crippen MR) is 70.2 cm³/mol. The van der Waals surface area contributed by atoms with Crippen LogP contribution in [0.4, 0.5) is 11.5 Å². The van der Waals surface area contributed by atoms with Gasteiger partial charge in [-0.05, 0) is 22.0 Å². The third-order valence-electron chi connectivity index (χ3n) is 2.98. The highest BCUT2D eigenvalue weighted by molar-refractivity contribution is 9.10. The highest BCUT2D eigenvalue weighted by Crippen LogP contribution is 2.28. The van der Waals surface area contributed by atoms with Crippen molar-refractivity contribution >= 4 is 27.4 Å². The topological polar surface area (TPSA) is 60.6 Å². The molecule has 5 nitrogen and oxygen atoms in total. The van der Waals surface area contributed by atoms with Crippen molar-refractivity contribution in [2.75, 3.05) is 37.9 Å². The SMILES string of the molecule is COC1CN(c2ncc(Br)cc2N)CC1OC. The van der Waals surface area contributed by atoms with E-state index in [2.05, 4.69) is 25.8 Å². The summed E-state index contributed by atoms with van der Waals surface area (Å²) >= 11 is 3.35. The van der Waals surface area contributed by atoms with Crippen LogP contribution in [0.1, 0.15) is 0 Å². The van der Waals surface area contributed by atoms with E-state index in [1.807, 2.05) is 6.07 Å². The predicted octanol–water partition coefficient (Wildman–Crippen LogP) is 1.28. The quantitative estimate of drug-likeness (QED) is 0.911. The minimum Gasteiger partial charge on any atom is -0.396 e. The van der Waals surface area contributed by atoms with Gasteiger partial charge in [0.15, 0.2) is 5.82 Å². The molecule has 17 heavy (non-hydrogen) atoms. The lowest BCUT2D eigenvalue weighted by Crippen LogP contribution is -2.27. The first-order valence-electron chi connectivity index (χ1n) is 5.37. The van der Waals surface area contributed by atoms with Gasteiger partial charge in [-0.3, -0.25) is 0 Å². The Labute approximate surface area is 109 Å². The summed E-state index contributed by atoms with van der Waals surface area (Å²) in [6.07, 6.45) is 1.86. The van der Waals surface area contributed by atoms with Gasteiger partial charge in [-0.25, -0.2) is 4.98 Å². The fourth-order valence-corrected chi connectivity index (χ4v) is 2.43. The van der Waals surface area contributed by atoms with Crippen LogP contribution in [0.5, 0.6) is 0 Å². The monoisotopic (exact) mass is 301 g/mol. The van der Waals surface area contributed by atoms with Crippen LogP contribution in [0.3, 0.4) is 0 Å². The number of rotatable bonds is 3. The second-order valence-electron chi connectivity index (χ2n) is 4.02. The Balaban J connectivity index is 2.19. The molecule has 0 aromatic carbocycles. The summed E-state index contributed by atoms with van der Waals surface area (Å²) in [5, 5.41) is 0. The van der Waals surface area contributed by atoms with Crippen LogP contribution in [0, 0.1) is 0 Å². The van der Waals surface area contributed by atoms with E-state index in [9.17, 15) is 0 Å². The standard InChI is InChI=1S/C11H16BrN3O2/c1-16-9-5-15(6-10(9)17-2)11-8(13)3-7(12)4-14-11/h3-4,9-10H,5-6,13H2,1-2H3. The molecule has 1 aliphatic heterocycles. The van der Waals surface area contributed by atoms with Crippen LogP contribution in [0.2, 0.25) is 0 Å². The number of halogens is 1. The molecule has 94 valence electrons. The van der Waals surface area contributed by atoms with E-state index in [1.54, 1.807) is 20.4 Å². The Morgan fingerprint density at radius 2 is 1.94 bits per heavy atom. The average Bonchev–Trinajstić information content (AvgIpc) is 2.72. The van der Waals surface area contributed by atoms with Crippen molar-refractivity contribution in [3.05, 3.63) is 16.7 Å². The Morgan fingerprint density at radius 1 is 1.35 bits per heavy atom. The largest absolute Gasteiger partial charge is 0.396 e. The Morgan fingerprint density at radius 3 is 2.41 bits per heavy atom. The van der Waals surface area contributed by atoms with E-state index in [-0.39, 0.29) is 12.2 Å². The van der Waals surface area contributed by atoms with E-state index >= 15 is 0 Å². The van der Waals surface area contributed by atoms with E-state index in [0.29, 0.717) is 5.69 Å². The number of nitrogens with two attached hydrogens (primary N) is 1. The van der Waals surface area contributed by atoms with Gasteiger partial charge in [0, 0.05) is 38.0 Å². The van der Waals surface area contributed by atoms with Gasteiger partial charge in [0.1, 0.15) is 12.2 Å². The van der Waals surface area contributed by atoms with E-state index in [1.165, 1.54) is 0 Å². The van der Waals surface area contributed by atoms with Gasteiger partial charge < -0.3 is 20.1 Å². The van der Waals surface area contributed by atoms with Gasteiger partial charge in [-0.1, -0.05) is 0 Å². The zero-order valence-electron chi connectivity index (χ0n) is 9.89.